The number of nitrogens with zero attached hydrogens (tertiary/aromatic N) is 1. The molecule has 1 N–H and O–H groups in total. The normalized spacial score (nSPS) is 11.3. The fraction of sp³-hybridized carbons (Fsp3) is 0.308. The Morgan fingerprint density at radius 2 is 1.88 bits per heavy atom. The van der Waals surface area contributed by atoms with E-state index >= 15 is 0 Å². The number of hydrogen-bond donors (Lipinski definition) is 1. The summed E-state index contributed by atoms with van der Waals surface area (Å²) in [4.78, 5) is 12.5. The van der Waals surface area contributed by atoms with Gasteiger partial charge >= 0.3 is 5.97 Å². The first-order valence-electron chi connectivity index (χ1n) is 5.15. The van der Waals surface area contributed by atoms with Crippen molar-refractivity contribution in [2.45, 2.75) is 13.3 Å². The van der Waals surface area contributed by atoms with Crippen molar-refractivity contribution in [2.24, 2.45) is 0 Å². The largest absolute Gasteiger partial charge is 0.478 e. The zero-order valence-electron chi connectivity index (χ0n) is 9.90. The van der Waals surface area contributed by atoms with Crippen molar-refractivity contribution in [3.05, 3.63) is 41.5 Å². The van der Waals surface area contributed by atoms with E-state index in [4.69, 9.17) is 5.11 Å². The van der Waals surface area contributed by atoms with Gasteiger partial charge in [0.25, 0.3) is 0 Å². The third kappa shape index (κ3) is 3.77. The van der Waals surface area contributed by atoms with Crippen LogP contribution in [0.2, 0.25) is 0 Å². The molecule has 0 spiro atoms. The van der Waals surface area contributed by atoms with Gasteiger partial charge < -0.3 is 10.0 Å². The van der Waals surface area contributed by atoms with E-state index in [2.05, 4.69) is 0 Å². The lowest BCUT2D eigenvalue weighted by molar-refractivity contribution is -0.131. The van der Waals surface area contributed by atoms with Gasteiger partial charge in [0.05, 0.1) is 0 Å². The maximum Gasteiger partial charge on any atom is 0.328 e. The van der Waals surface area contributed by atoms with Gasteiger partial charge in [0, 0.05) is 25.9 Å². The minimum absolute atomic E-state index is 0.681. The SMILES string of the molecule is C/C(=C\C(=O)O)Cc1ccc(N(C)C)cc1. The molecule has 86 valence electrons. The number of carboxylic acid groups (broad SMARTS) is 1. The van der Waals surface area contributed by atoms with Gasteiger partial charge in [-0.05, 0) is 31.0 Å². The standard InChI is InChI=1S/C13H17NO2/c1-10(9-13(15)16)8-11-4-6-12(7-5-11)14(2)3/h4-7,9H,8H2,1-3H3,(H,15,16)/b10-9+. The molecule has 1 aromatic rings. The van der Waals surface area contributed by atoms with E-state index < -0.39 is 5.97 Å². The summed E-state index contributed by atoms with van der Waals surface area (Å²) < 4.78 is 0. The zero-order valence-corrected chi connectivity index (χ0v) is 9.90. The Labute approximate surface area is 96.0 Å². The van der Waals surface area contributed by atoms with Crippen LogP contribution in [0.4, 0.5) is 5.69 Å². The molecule has 16 heavy (non-hydrogen) atoms. The predicted molar refractivity (Wildman–Crippen MR) is 65.9 cm³/mol. The summed E-state index contributed by atoms with van der Waals surface area (Å²) >= 11 is 0. The van der Waals surface area contributed by atoms with Crippen molar-refractivity contribution in [3.8, 4) is 0 Å². The summed E-state index contributed by atoms with van der Waals surface area (Å²) in [5, 5.41) is 8.60. The molecule has 0 aliphatic carbocycles. The van der Waals surface area contributed by atoms with Gasteiger partial charge in [-0.3, -0.25) is 0 Å². The molecule has 0 saturated carbocycles. The Kier molecular flexibility index (Phi) is 4.11. The van der Waals surface area contributed by atoms with E-state index in [1.807, 2.05) is 50.2 Å². The second-order valence-electron chi connectivity index (χ2n) is 4.07. The number of hydrogen-bond acceptors (Lipinski definition) is 2. The van der Waals surface area contributed by atoms with Crippen molar-refractivity contribution >= 4 is 11.7 Å². The fourth-order valence-electron chi connectivity index (χ4n) is 1.50. The average Bonchev–Trinajstić information content (AvgIpc) is 2.16. The van der Waals surface area contributed by atoms with Crippen LogP contribution in [0.5, 0.6) is 0 Å². The molecule has 0 saturated heterocycles. The molecule has 0 heterocycles. The van der Waals surface area contributed by atoms with Crippen LogP contribution < -0.4 is 4.90 Å². The maximum atomic E-state index is 10.5. The van der Waals surface area contributed by atoms with Crippen LogP contribution in [-0.2, 0) is 11.2 Å². The first-order chi connectivity index (χ1) is 7.49. The van der Waals surface area contributed by atoms with Gasteiger partial charge in [0.2, 0.25) is 0 Å². The lowest BCUT2D eigenvalue weighted by atomic mass is 10.1. The van der Waals surface area contributed by atoms with E-state index in [1.165, 1.54) is 6.08 Å². The summed E-state index contributed by atoms with van der Waals surface area (Å²) in [6.45, 7) is 1.83. The number of anilines is 1. The average molecular weight is 219 g/mol. The molecule has 0 radical (unpaired) electrons. The van der Waals surface area contributed by atoms with Gasteiger partial charge in [-0.25, -0.2) is 4.79 Å². The van der Waals surface area contributed by atoms with Crippen LogP contribution in [-0.4, -0.2) is 25.2 Å². The van der Waals surface area contributed by atoms with Crippen molar-refractivity contribution in [2.75, 3.05) is 19.0 Å². The molecule has 0 aliphatic rings. The van der Waals surface area contributed by atoms with Gasteiger partial charge in [0.15, 0.2) is 0 Å². The summed E-state index contributed by atoms with van der Waals surface area (Å²) in [5.41, 5.74) is 3.12. The van der Waals surface area contributed by atoms with Gasteiger partial charge in [-0.2, -0.15) is 0 Å². The van der Waals surface area contributed by atoms with Crippen LogP contribution in [0.1, 0.15) is 12.5 Å². The number of benzene rings is 1. The topological polar surface area (TPSA) is 40.5 Å². The summed E-state index contributed by atoms with van der Waals surface area (Å²) in [6, 6.07) is 8.11. The van der Waals surface area contributed by atoms with Gasteiger partial charge in [-0.1, -0.05) is 17.7 Å². The van der Waals surface area contributed by atoms with Crippen molar-refractivity contribution in [1.29, 1.82) is 0 Å². The van der Waals surface area contributed by atoms with Crippen LogP contribution in [0.25, 0.3) is 0 Å². The molecule has 0 atom stereocenters. The third-order valence-corrected chi connectivity index (χ3v) is 2.31. The number of allylic oxidation sites excluding steroid dienone is 1. The first-order valence-corrected chi connectivity index (χ1v) is 5.15. The third-order valence-electron chi connectivity index (χ3n) is 2.31. The van der Waals surface area contributed by atoms with Gasteiger partial charge in [-0.15, -0.1) is 0 Å². The highest BCUT2D eigenvalue weighted by Crippen LogP contribution is 2.14. The number of carbonyl (C=O) groups is 1. The smallest absolute Gasteiger partial charge is 0.328 e. The van der Waals surface area contributed by atoms with Crippen LogP contribution in [0, 0.1) is 0 Å². The highest BCUT2D eigenvalue weighted by molar-refractivity contribution is 5.80. The Hall–Kier alpha value is -1.77. The van der Waals surface area contributed by atoms with E-state index in [0.717, 1.165) is 16.8 Å². The first kappa shape index (κ1) is 12.3. The Morgan fingerprint density at radius 3 is 2.31 bits per heavy atom. The van der Waals surface area contributed by atoms with Crippen LogP contribution >= 0.6 is 0 Å². The summed E-state index contributed by atoms with van der Waals surface area (Å²) in [7, 11) is 3.98. The van der Waals surface area contributed by atoms with Gasteiger partial charge in [0.1, 0.15) is 0 Å². The van der Waals surface area contributed by atoms with Crippen molar-refractivity contribution < 1.29 is 9.90 Å². The highest BCUT2D eigenvalue weighted by atomic mass is 16.4. The summed E-state index contributed by atoms with van der Waals surface area (Å²) in [6.07, 6.45) is 1.93. The molecule has 0 aromatic heterocycles. The molecule has 0 fully saturated rings. The fourth-order valence-corrected chi connectivity index (χ4v) is 1.50. The predicted octanol–water partition coefficient (Wildman–Crippen LogP) is 2.33. The molecule has 0 bridgehead atoms. The molecule has 1 aromatic carbocycles. The van der Waals surface area contributed by atoms with Crippen molar-refractivity contribution in [1.82, 2.24) is 0 Å². The molecule has 1 rings (SSSR count). The van der Waals surface area contributed by atoms with Crippen LogP contribution in [0.3, 0.4) is 0 Å². The summed E-state index contributed by atoms with van der Waals surface area (Å²) in [5.74, 6) is -0.887. The molecular weight excluding hydrogens is 202 g/mol. The lowest BCUT2D eigenvalue weighted by Crippen LogP contribution is -2.08. The van der Waals surface area contributed by atoms with E-state index in [9.17, 15) is 4.79 Å². The van der Waals surface area contributed by atoms with Crippen LogP contribution in [0.15, 0.2) is 35.9 Å². The molecule has 3 nitrogen and oxygen atoms in total. The minimum Gasteiger partial charge on any atom is -0.478 e. The molecule has 0 amide bonds. The molecule has 0 aliphatic heterocycles. The Bertz CT molecular complexity index is 391. The maximum absolute atomic E-state index is 10.5. The number of rotatable bonds is 4. The second-order valence-corrected chi connectivity index (χ2v) is 4.07. The van der Waals surface area contributed by atoms with E-state index in [-0.39, 0.29) is 0 Å². The highest BCUT2D eigenvalue weighted by Gasteiger charge is 1.99. The zero-order chi connectivity index (χ0) is 12.1. The number of aliphatic carboxylic acids is 1. The second kappa shape index (κ2) is 5.35. The molecule has 0 unspecified atom stereocenters. The molecular formula is C13H17NO2. The monoisotopic (exact) mass is 219 g/mol. The Morgan fingerprint density at radius 1 is 1.31 bits per heavy atom. The van der Waals surface area contributed by atoms with E-state index in [1.54, 1.807) is 0 Å². The Balaban J connectivity index is 2.72. The molecule has 3 heteroatoms. The minimum atomic E-state index is -0.887. The number of carboxylic acids is 1. The lowest BCUT2D eigenvalue weighted by Gasteiger charge is -2.12. The van der Waals surface area contributed by atoms with Crippen molar-refractivity contribution in [3.63, 3.8) is 0 Å². The van der Waals surface area contributed by atoms with E-state index in [0.29, 0.717) is 6.42 Å². The quantitative estimate of drug-likeness (QED) is 0.790.